The fourth-order valence-corrected chi connectivity index (χ4v) is 2.25. The number of hydrogen-bond donors (Lipinski definition) is 2. The smallest absolute Gasteiger partial charge is 0.355 e. The topological polar surface area (TPSA) is 89.7 Å². The van der Waals surface area contributed by atoms with Crippen LogP contribution < -0.4 is 14.8 Å². The van der Waals surface area contributed by atoms with E-state index in [0.29, 0.717) is 25.5 Å². The standard InChI is InChI=1S/C17H19BrN2O5/c1-2-23-13-3-5-14(6-4-13)24-8-7-19-16(21)11-25-17(22)15-9-12(18)10-20-15/h3-6,9-10,20H,2,7-8,11H2,1H3,(H,19,21). The maximum Gasteiger partial charge on any atom is 0.355 e. The minimum Gasteiger partial charge on any atom is -0.494 e. The highest BCUT2D eigenvalue weighted by molar-refractivity contribution is 9.10. The Morgan fingerprint density at radius 3 is 2.44 bits per heavy atom. The van der Waals surface area contributed by atoms with Gasteiger partial charge in [0.05, 0.1) is 13.2 Å². The number of amides is 1. The van der Waals surface area contributed by atoms with Crippen LogP contribution in [0.3, 0.4) is 0 Å². The zero-order chi connectivity index (χ0) is 18.1. The lowest BCUT2D eigenvalue weighted by atomic mass is 10.3. The summed E-state index contributed by atoms with van der Waals surface area (Å²) in [5.74, 6) is 0.473. The molecule has 134 valence electrons. The molecule has 0 saturated heterocycles. The number of esters is 1. The van der Waals surface area contributed by atoms with Crippen LogP contribution in [0.5, 0.6) is 11.5 Å². The predicted molar refractivity (Wildman–Crippen MR) is 94.9 cm³/mol. The van der Waals surface area contributed by atoms with E-state index >= 15 is 0 Å². The maximum absolute atomic E-state index is 11.7. The molecule has 2 rings (SSSR count). The van der Waals surface area contributed by atoms with Crippen LogP contribution in [-0.4, -0.2) is 43.2 Å². The largest absolute Gasteiger partial charge is 0.494 e. The molecule has 0 aliphatic heterocycles. The summed E-state index contributed by atoms with van der Waals surface area (Å²) in [6, 6.07) is 8.79. The number of H-pyrrole nitrogens is 1. The Morgan fingerprint density at radius 1 is 1.16 bits per heavy atom. The number of halogens is 1. The second kappa shape index (κ2) is 9.73. The Labute approximate surface area is 153 Å². The molecule has 0 aliphatic carbocycles. The van der Waals surface area contributed by atoms with Crippen molar-refractivity contribution in [2.24, 2.45) is 0 Å². The van der Waals surface area contributed by atoms with Crippen LogP contribution in [0.2, 0.25) is 0 Å². The van der Waals surface area contributed by atoms with Gasteiger partial charge >= 0.3 is 5.97 Å². The van der Waals surface area contributed by atoms with Gasteiger partial charge in [0.2, 0.25) is 0 Å². The molecule has 0 bridgehead atoms. The van der Waals surface area contributed by atoms with Gasteiger partial charge in [0.1, 0.15) is 23.8 Å². The first-order valence-electron chi connectivity index (χ1n) is 7.72. The normalized spacial score (nSPS) is 10.2. The molecule has 25 heavy (non-hydrogen) atoms. The van der Waals surface area contributed by atoms with Gasteiger partial charge in [0, 0.05) is 10.7 Å². The highest BCUT2D eigenvalue weighted by Crippen LogP contribution is 2.17. The van der Waals surface area contributed by atoms with Crippen molar-refractivity contribution in [3.8, 4) is 11.5 Å². The Hall–Kier alpha value is -2.48. The van der Waals surface area contributed by atoms with Gasteiger partial charge < -0.3 is 24.5 Å². The van der Waals surface area contributed by atoms with Gasteiger partial charge in [0.15, 0.2) is 6.61 Å². The van der Waals surface area contributed by atoms with Crippen molar-refractivity contribution >= 4 is 27.8 Å². The van der Waals surface area contributed by atoms with Crippen LogP contribution >= 0.6 is 15.9 Å². The number of ether oxygens (including phenoxy) is 3. The Balaban J connectivity index is 1.61. The van der Waals surface area contributed by atoms with E-state index in [2.05, 4.69) is 26.2 Å². The van der Waals surface area contributed by atoms with Gasteiger partial charge in [-0.3, -0.25) is 4.79 Å². The summed E-state index contributed by atoms with van der Waals surface area (Å²) in [5, 5.41) is 2.61. The molecule has 1 aromatic heterocycles. The van der Waals surface area contributed by atoms with E-state index in [1.54, 1.807) is 24.4 Å². The quantitative estimate of drug-likeness (QED) is 0.489. The summed E-state index contributed by atoms with van der Waals surface area (Å²) < 4.78 is 16.5. The van der Waals surface area contributed by atoms with Crippen molar-refractivity contribution in [3.05, 3.63) is 46.7 Å². The zero-order valence-corrected chi connectivity index (χ0v) is 15.3. The number of rotatable bonds is 9. The Morgan fingerprint density at radius 2 is 1.84 bits per heavy atom. The average Bonchev–Trinajstić information content (AvgIpc) is 3.05. The molecule has 0 fully saturated rings. The third kappa shape index (κ3) is 6.50. The highest BCUT2D eigenvalue weighted by atomic mass is 79.9. The van der Waals surface area contributed by atoms with Crippen molar-refractivity contribution < 1.29 is 23.8 Å². The molecule has 0 atom stereocenters. The summed E-state index contributed by atoms with van der Waals surface area (Å²) in [5.41, 5.74) is 0.276. The lowest BCUT2D eigenvalue weighted by Crippen LogP contribution is -2.32. The summed E-state index contributed by atoms with van der Waals surface area (Å²) in [7, 11) is 0. The Bertz CT molecular complexity index is 699. The fraction of sp³-hybridized carbons (Fsp3) is 0.294. The van der Waals surface area contributed by atoms with Crippen LogP contribution in [0, 0.1) is 0 Å². The van der Waals surface area contributed by atoms with Gasteiger partial charge in [-0.05, 0) is 53.2 Å². The molecule has 1 heterocycles. The fourth-order valence-electron chi connectivity index (χ4n) is 1.90. The van der Waals surface area contributed by atoms with E-state index in [1.165, 1.54) is 0 Å². The molecule has 0 spiro atoms. The summed E-state index contributed by atoms with van der Waals surface area (Å²) in [6.45, 7) is 2.78. The number of carbonyl (C=O) groups excluding carboxylic acids is 2. The number of benzene rings is 1. The van der Waals surface area contributed by atoms with E-state index in [0.717, 1.165) is 10.2 Å². The number of nitrogens with one attached hydrogen (secondary N) is 2. The maximum atomic E-state index is 11.7. The number of aromatic amines is 1. The van der Waals surface area contributed by atoms with Gasteiger partial charge in [-0.25, -0.2) is 4.79 Å². The van der Waals surface area contributed by atoms with E-state index in [9.17, 15) is 9.59 Å². The summed E-state index contributed by atoms with van der Waals surface area (Å²) in [6.07, 6.45) is 1.61. The lowest BCUT2D eigenvalue weighted by Gasteiger charge is -2.09. The number of aromatic nitrogens is 1. The van der Waals surface area contributed by atoms with Gasteiger partial charge in [-0.1, -0.05) is 0 Å². The van der Waals surface area contributed by atoms with Crippen LogP contribution in [0.15, 0.2) is 41.0 Å². The molecule has 0 saturated carbocycles. The first kappa shape index (κ1) is 18.9. The van der Waals surface area contributed by atoms with Crippen LogP contribution in [0.4, 0.5) is 0 Å². The molecule has 0 unspecified atom stereocenters. The van der Waals surface area contributed by atoms with Crippen LogP contribution in [0.1, 0.15) is 17.4 Å². The highest BCUT2D eigenvalue weighted by Gasteiger charge is 2.11. The molecule has 7 nitrogen and oxygen atoms in total. The molecular formula is C17H19BrN2O5. The van der Waals surface area contributed by atoms with E-state index in [4.69, 9.17) is 14.2 Å². The minimum absolute atomic E-state index is 0.276. The minimum atomic E-state index is -0.591. The van der Waals surface area contributed by atoms with Crippen molar-refractivity contribution in [3.63, 3.8) is 0 Å². The molecule has 2 N–H and O–H groups in total. The van der Waals surface area contributed by atoms with Crippen molar-refractivity contribution in [1.29, 1.82) is 0 Å². The second-order valence-electron chi connectivity index (χ2n) is 4.91. The SMILES string of the molecule is CCOc1ccc(OCCNC(=O)COC(=O)c2cc(Br)c[nH]2)cc1. The molecule has 0 aliphatic rings. The van der Waals surface area contributed by atoms with Gasteiger partial charge in [0.25, 0.3) is 5.91 Å². The monoisotopic (exact) mass is 410 g/mol. The second-order valence-corrected chi connectivity index (χ2v) is 5.83. The van der Waals surface area contributed by atoms with E-state index in [1.807, 2.05) is 19.1 Å². The molecule has 1 amide bonds. The first-order valence-corrected chi connectivity index (χ1v) is 8.51. The predicted octanol–water partition coefficient (Wildman–Crippen LogP) is 2.53. The average molecular weight is 411 g/mol. The van der Waals surface area contributed by atoms with E-state index < -0.39 is 11.9 Å². The number of hydrogen-bond acceptors (Lipinski definition) is 5. The molecule has 2 aromatic rings. The van der Waals surface area contributed by atoms with Gasteiger partial charge in [-0.2, -0.15) is 0 Å². The van der Waals surface area contributed by atoms with Crippen molar-refractivity contribution in [2.45, 2.75) is 6.92 Å². The van der Waals surface area contributed by atoms with E-state index in [-0.39, 0.29) is 12.3 Å². The summed E-state index contributed by atoms with van der Waals surface area (Å²) >= 11 is 3.21. The third-order valence-corrected chi connectivity index (χ3v) is 3.49. The molecular weight excluding hydrogens is 392 g/mol. The van der Waals surface area contributed by atoms with Crippen molar-refractivity contribution in [2.75, 3.05) is 26.4 Å². The first-order chi connectivity index (χ1) is 12.1. The molecule has 8 heteroatoms. The molecule has 0 radical (unpaired) electrons. The van der Waals surface area contributed by atoms with Gasteiger partial charge in [-0.15, -0.1) is 0 Å². The number of carbonyl (C=O) groups is 2. The molecule has 1 aromatic carbocycles. The lowest BCUT2D eigenvalue weighted by molar-refractivity contribution is -0.124. The van der Waals surface area contributed by atoms with Crippen LogP contribution in [0.25, 0.3) is 0 Å². The zero-order valence-electron chi connectivity index (χ0n) is 13.7. The third-order valence-electron chi connectivity index (χ3n) is 3.03. The van der Waals surface area contributed by atoms with Crippen LogP contribution in [-0.2, 0) is 9.53 Å². The summed E-state index contributed by atoms with van der Waals surface area (Å²) in [4.78, 5) is 26.0. The van der Waals surface area contributed by atoms with Crippen molar-refractivity contribution in [1.82, 2.24) is 10.3 Å². The Kier molecular flexibility index (Phi) is 7.34.